The van der Waals surface area contributed by atoms with Gasteiger partial charge in [-0.1, -0.05) is 23.7 Å². The Morgan fingerprint density at radius 1 is 1.13 bits per heavy atom. The average Bonchev–Trinajstić information content (AvgIpc) is 2.66. The molecule has 2 rings (SSSR count). The van der Waals surface area contributed by atoms with E-state index < -0.39 is 12.0 Å². The number of ether oxygens (including phenoxy) is 2. The number of amides is 1. The van der Waals surface area contributed by atoms with Crippen molar-refractivity contribution in [2.24, 2.45) is 0 Å². The van der Waals surface area contributed by atoms with Crippen molar-refractivity contribution in [1.82, 2.24) is 5.32 Å². The Bertz CT molecular complexity index is 851. The predicted molar refractivity (Wildman–Crippen MR) is 116 cm³/mol. The Morgan fingerprint density at radius 2 is 1.83 bits per heavy atom. The molecule has 0 aliphatic rings. The van der Waals surface area contributed by atoms with Gasteiger partial charge in [0, 0.05) is 11.4 Å². The Kier molecular flexibility index (Phi) is 8.99. The Balaban J connectivity index is 1.87. The quantitative estimate of drug-likeness (QED) is 0.491. The molecular formula is C23H28ClNO5. The summed E-state index contributed by atoms with van der Waals surface area (Å²) in [6.07, 6.45) is 0.590. The van der Waals surface area contributed by atoms with Gasteiger partial charge in [-0.3, -0.25) is 9.59 Å². The molecule has 30 heavy (non-hydrogen) atoms. The molecule has 2 N–H and O–H groups in total. The highest BCUT2D eigenvalue weighted by atomic mass is 35.5. The summed E-state index contributed by atoms with van der Waals surface area (Å²) in [5.74, 6) is 0.223. The molecule has 0 aliphatic carbocycles. The number of hydrogen-bond donors (Lipinski definition) is 2. The van der Waals surface area contributed by atoms with Crippen molar-refractivity contribution in [2.45, 2.75) is 52.2 Å². The number of rotatable bonds is 11. The molecule has 0 aliphatic heterocycles. The van der Waals surface area contributed by atoms with Gasteiger partial charge < -0.3 is 19.9 Å². The predicted octanol–water partition coefficient (Wildman–Crippen LogP) is 4.93. The van der Waals surface area contributed by atoms with Crippen LogP contribution in [0.2, 0.25) is 5.02 Å². The van der Waals surface area contributed by atoms with Crippen LogP contribution < -0.4 is 14.8 Å². The largest absolute Gasteiger partial charge is 0.493 e. The highest BCUT2D eigenvalue weighted by Gasteiger charge is 2.18. The number of aryl methyl sites for hydroxylation is 1. The lowest BCUT2D eigenvalue weighted by atomic mass is 10.0. The second-order valence-electron chi connectivity index (χ2n) is 7.32. The molecular weight excluding hydrogens is 406 g/mol. The van der Waals surface area contributed by atoms with Gasteiger partial charge in [0.25, 0.3) is 0 Å². The number of benzene rings is 2. The van der Waals surface area contributed by atoms with Crippen LogP contribution >= 0.6 is 11.6 Å². The zero-order valence-corrected chi connectivity index (χ0v) is 18.2. The summed E-state index contributed by atoms with van der Waals surface area (Å²) in [6, 6.07) is 11.9. The molecule has 0 radical (unpaired) electrons. The van der Waals surface area contributed by atoms with Crippen LogP contribution in [-0.4, -0.2) is 29.7 Å². The normalized spacial score (nSPS) is 11.8. The molecule has 0 fully saturated rings. The van der Waals surface area contributed by atoms with E-state index in [2.05, 4.69) is 5.32 Å². The molecule has 0 aromatic heterocycles. The smallest absolute Gasteiger partial charge is 0.305 e. The van der Waals surface area contributed by atoms with Crippen molar-refractivity contribution in [3.8, 4) is 11.5 Å². The number of carboxylic acids is 1. The minimum Gasteiger partial charge on any atom is -0.493 e. The van der Waals surface area contributed by atoms with Crippen molar-refractivity contribution < 1.29 is 24.2 Å². The van der Waals surface area contributed by atoms with Crippen LogP contribution in [0.5, 0.6) is 11.5 Å². The minimum atomic E-state index is -0.982. The number of nitrogens with one attached hydrogen (secondary N) is 1. The zero-order chi connectivity index (χ0) is 22.1. The lowest BCUT2D eigenvalue weighted by molar-refractivity contribution is -0.137. The van der Waals surface area contributed by atoms with Crippen LogP contribution in [0.1, 0.15) is 50.3 Å². The third kappa shape index (κ3) is 7.95. The average molecular weight is 434 g/mol. The first-order valence-electron chi connectivity index (χ1n) is 9.91. The molecule has 0 bridgehead atoms. The summed E-state index contributed by atoms with van der Waals surface area (Å²) in [7, 11) is 0. The van der Waals surface area contributed by atoms with E-state index in [1.54, 1.807) is 36.4 Å². The highest BCUT2D eigenvalue weighted by Crippen LogP contribution is 2.23. The van der Waals surface area contributed by atoms with Gasteiger partial charge in [0.15, 0.2) is 0 Å². The van der Waals surface area contributed by atoms with Crippen LogP contribution in [0.4, 0.5) is 0 Å². The molecule has 7 heteroatoms. The Labute approximate surface area is 182 Å². The maximum atomic E-state index is 12.3. The molecule has 0 saturated carbocycles. The summed E-state index contributed by atoms with van der Waals surface area (Å²) in [5.41, 5.74) is 1.65. The van der Waals surface area contributed by atoms with Crippen molar-refractivity contribution in [3.05, 3.63) is 58.6 Å². The zero-order valence-electron chi connectivity index (χ0n) is 17.5. The molecule has 0 heterocycles. The maximum absolute atomic E-state index is 12.3. The molecule has 2 aromatic carbocycles. The summed E-state index contributed by atoms with van der Waals surface area (Å²) in [5, 5.41) is 12.7. The van der Waals surface area contributed by atoms with E-state index in [1.165, 1.54) is 0 Å². The van der Waals surface area contributed by atoms with Crippen LogP contribution in [0.3, 0.4) is 0 Å². The van der Waals surface area contributed by atoms with Crippen LogP contribution in [0, 0.1) is 6.92 Å². The lowest BCUT2D eigenvalue weighted by Crippen LogP contribution is -2.30. The van der Waals surface area contributed by atoms with Gasteiger partial charge in [-0.15, -0.1) is 0 Å². The molecule has 0 unspecified atom stereocenters. The molecule has 0 spiro atoms. The van der Waals surface area contributed by atoms with Gasteiger partial charge in [-0.2, -0.15) is 0 Å². The summed E-state index contributed by atoms with van der Waals surface area (Å²) in [4.78, 5) is 23.6. The fourth-order valence-electron chi connectivity index (χ4n) is 2.93. The number of carbonyl (C=O) groups is 2. The maximum Gasteiger partial charge on any atom is 0.305 e. The van der Waals surface area contributed by atoms with E-state index >= 15 is 0 Å². The summed E-state index contributed by atoms with van der Waals surface area (Å²) < 4.78 is 11.3. The fourth-order valence-corrected chi connectivity index (χ4v) is 3.16. The minimum absolute atomic E-state index is 0.0456. The number of halogens is 1. The first-order chi connectivity index (χ1) is 14.2. The first kappa shape index (κ1) is 23.5. The molecule has 1 amide bonds. The number of carbonyl (C=O) groups excluding carboxylic acids is 1. The van der Waals surface area contributed by atoms with Gasteiger partial charge in [0.05, 0.1) is 25.2 Å². The van der Waals surface area contributed by atoms with Gasteiger partial charge in [0.1, 0.15) is 11.5 Å². The van der Waals surface area contributed by atoms with E-state index in [1.807, 2.05) is 26.8 Å². The van der Waals surface area contributed by atoms with E-state index in [9.17, 15) is 14.7 Å². The third-order valence-electron chi connectivity index (χ3n) is 4.31. The van der Waals surface area contributed by atoms with E-state index in [4.69, 9.17) is 21.1 Å². The molecule has 2 aromatic rings. The summed E-state index contributed by atoms with van der Waals surface area (Å²) >= 11 is 5.93. The lowest BCUT2D eigenvalue weighted by Gasteiger charge is -2.18. The Hall–Kier alpha value is -2.73. The van der Waals surface area contributed by atoms with Gasteiger partial charge >= 0.3 is 5.97 Å². The SMILES string of the molecule is Cc1cc(Cl)ccc1OCCCC(=O)N[C@@H](CC(=O)O)c1ccc(OC(C)C)cc1. The molecule has 6 nitrogen and oxygen atoms in total. The molecule has 1 atom stereocenters. The third-order valence-corrected chi connectivity index (χ3v) is 4.55. The van der Waals surface area contributed by atoms with Crippen molar-refractivity contribution >= 4 is 23.5 Å². The van der Waals surface area contributed by atoms with Crippen LogP contribution in [-0.2, 0) is 9.59 Å². The van der Waals surface area contributed by atoms with Crippen molar-refractivity contribution in [3.63, 3.8) is 0 Å². The second-order valence-corrected chi connectivity index (χ2v) is 7.75. The van der Waals surface area contributed by atoms with E-state index in [0.29, 0.717) is 23.8 Å². The topological polar surface area (TPSA) is 84.9 Å². The van der Waals surface area contributed by atoms with Crippen molar-refractivity contribution in [1.29, 1.82) is 0 Å². The van der Waals surface area contributed by atoms with Crippen molar-refractivity contribution in [2.75, 3.05) is 6.61 Å². The van der Waals surface area contributed by atoms with Crippen LogP contribution in [0.15, 0.2) is 42.5 Å². The number of hydrogen-bond acceptors (Lipinski definition) is 4. The number of aliphatic carboxylic acids is 1. The first-order valence-corrected chi connectivity index (χ1v) is 10.3. The standard InChI is InChI=1S/C23H28ClNO5/c1-15(2)30-19-9-6-17(7-10-19)20(14-23(27)28)25-22(26)5-4-12-29-21-11-8-18(24)13-16(21)3/h6-11,13,15,20H,4-5,12,14H2,1-3H3,(H,25,26)(H,27,28)/t20-/m0/s1. The monoisotopic (exact) mass is 433 g/mol. The molecule has 0 saturated heterocycles. The van der Waals surface area contributed by atoms with Gasteiger partial charge in [-0.05, 0) is 68.7 Å². The van der Waals surface area contributed by atoms with Crippen LogP contribution in [0.25, 0.3) is 0 Å². The van der Waals surface area contributed by atoms with Gasteiger partial charge in [0.2, 0.25) is 5.91 Å². The second kappa shape index (κ2) is 11.5. The van der Waals surface area contributed by atoms with E-state index in [0.717, 1.165) is 16.9 Å². The molecule has 162 valence electrons. The number of carboxylic acid groups (broad SMARTS) is 1. The highest BCUT2D eigenvalue weighted by molar-refractivity contribution is 6.30. The summed E-state index contributed by atoms with van der Waals surface area (Å²) in [6.45, 7) is 6.14. The van der Waals surface area contributed by atoms with Gasteiger partial charge in [-0.25, -0.2) is 0 Å². The Morgan fingerprint density at radius 3 is 2.43 bits per heavy atom. The fraction of sp³-hybridized carbons (Fsp3) is 0.391. The van der Waals surface area contributed by atoms with E-state index in [-0.39, 0.29) is 24.9 Å².